The molecule has 0 aliphatic carbocycles. The predicted octanol–water partition coefficient (Wildman–Crippen LogP) is 6.24. The summed E-state index contributed by atoms with van der Waals surface area (Å²) in [5, 5.41) is 10.3. The van der Waals surface area contributed by atoms with Crippen LogP contribution in [-0.2, 0) is 11.0 Å². The zero-order chi connectivity index (χ0) is 26.5. The number of carbonyl (C=O) groups is 1. The molecule has 0 spiro atoms. The van der Waals surface area contributed by atoms with E-state index in [0.717, 1.165) is 21.6 Å². The Bertz CT molecular complexity index is 1300. The molecule has 4 aromatic rings. The van der Waals surface area contributed by atoms with Crippen LogP contribution in [0.15, 0.2) is 53.5 Å². The number of furan rings is 1. The Kier molecular flexibility index (Phi) is 8.85. The molecule has 0 aliphatic heterocycles. The van der Waals surface area contributed by atoms with Gasteiger partial charge in [-0.05, 0) is 43.4 Å². The molecular formula is C23H22ClF4N5O2S. The van der Waals surface area contributed by atoms with Crippen LogP contribution in [0.1, 0.15) is 23.9 Å². The van der Waals surface area contributed by atoms with Gasteiger partial charge < -0.3 is 14.5 Å². The number of hydrogen-bond acceptors (Lipinski definition) is 6. The van der Waals surface area contributed by atoms with Gasteiger partial charge in [0, 0.05) is 12.6 Å². The number of aldehydes is 1. The van der Waals surface area contributed by atoms with Crippen LogP contribution in [0.2, 0.25) is 5.02 Å². The van der Waals surface area contributed by atoms with Crippen molar-refractivity contribution in [3.8, 4) is 16.9 Å². The van der Waals surface area contributed by atoms with Gasteiger partial charge in [0.1, 0.15) is 23.8 Å². The fraction of sp³-hybridized carbons (Fsp3) is 0.261. The monoisotopic (exact) mass is 543 g/mol. The summed E-state index contributed by atoms with van der Waals surface area (Å²) in [5.74, 6) is 0.0685. The van der Waals surface area contributed by atoms with Crippen molar-refractivity contribution in [3.63, 3.8) is 0 Å². The molecular weight excluding hydrogens is 522 g/mol. The number of rotatable bonds is 7. The number of hydrogen-bond donors (Lipinski definition) is 2. The minimum atomic E-state index is -4.62. The summed E-state index contributed by atoms with van der Waals surface area (Å²) in [5.41, 5.74) is 2.19. The largest absolute Gasteiger partial charge is 0.472 e. The van der Waals surface area contributed by atoms with E-state index in [4.69, 9.17) is 16.0 Å². The van der Waals surface area contributed by atoms with E-state index in [-0.39, 0.29) is 11.5 Å². The molecule has 3 aromatic heterocycles. The van der Waals surface area contributed by atoms with Gasteiger partial charge in [-0.25, -0.2) is 9.07 Å². The lowest BCUT2D eigenvalue weighted by Gasteiger charge is -2.11. The molecule has 1 atom stereocenters. The molecule has 0 aliphatic rings. The van der Waals surface area contributed by atoms with Crippen molar-refractivity contribution in [1.29, 1.82) is 0 Å². The molecule has 1 aromatic carbocycles. The second-order valence-corrected chi connectivity index (χ2v) is 8.29. The Hall–Kier alpha value is -3.25. The van der Waals surface area contributed by atoms with E-state index in [1.54, 1.807) is 35.5 Å². The number of nitrogens with zero attached hydrogens (tertiary/aromatic N) is 4. The number of nitrogens with one attached hydrogen (secondary N) is 1. The summed E-state index contributed by atoms with van der Waals surface area (Å²) in [7, 11) is 1.82. The average molecular weight is 544 g/mol. The van der Waals surface area contributed by atoms with Gasteiger partial charge in [0.15, 0.2) is 5.69 Å². The van der Waals surface area contributed by atoms with Gasteiger partial charge in [0.25, 0.3) is 0 Å². The third-order valence-electron chi connectivity index (χ3n) is 5.13. The molecule has 0 radical (unpaired) electrons. The zero-order valence-electron chi connectivity index (χ0n) is 19.1. The van der Waals surface area contributed by atoms with Crippen LogP contribution in [-0.4, -0.2) is 38.6 Å². The smallest absolute Gasteiger partial charge is 0.436 e. The van der Waals surface area contributed by atoms with Crippen LogP contribution in [0.5, 0.6) is 0 Å². The molecule has 36 heavy (non-hydrogen) atoms. The summed E-state index contributed by atoms with van der Waals surface area (Å²) in [6.07, 6.45) is 1.13. The minimum Gasteiger partial charge on any atom is -0.472 e. The van der Waals surface area contributed by atoms with Gasteiger partial charge in [-0.3, -0.25) is 4.68 Å². The third kappa shape index (κ3) is 5.93. The molecule has 0 saturated heterocycles. The van der Waals surface area contributed by atoms with Crippen LogP contribution in [0.3, 0.4) is 0 Å². The lowest BCUT2D eigenvalue weighted by Crippen LogP contribution is -2.15. The topological polar surface area (TPSA) is 77.9 Å². The van der Waals surface area contributed by atoms with E-state index in [0.29, 0.717) is 24.1 Å². The zero-order valence-corrected chi connectivity index (χ0v) is 20.8. The van der Waals surface area contributed by atoms with Gasteiger partial charge in [0.05, 0.1) is 40.8 Å². The van der Waals surface area contributed by atoms with E-state index in [1.807, 2.05) is 13.1 Å². The fourth-order valence-electron chi connectivity index (χ4n) is 3.39. The first-order valence-electron chi connectivity index (χ1n) is 10.5. The Balaban J connectivity index is 0.000000202. The summed E-state index contributed by atoms with van der Waals surface area (Å²) in [6.45, 7) is 1.39. The number of aromatic nitrogens is 4. The fourth-order valence-corrected chi connectivity index (χ4v) is 3.89. The van der Waals surface area contributed by atoms with Gasteiger partial charge in [-0.2, -0.15) is 36.0 Å². The second kappa shape index (κ2) is 11.7. The molecule has 0 amide bonds. The third-order valence-corrected chi connectivity index (χ3v) is 5.84. The highest BCUT2D eigenvalue weighted by molar-refractivity contribution is 7.80. The second-order valence-electron chi connectivity index (χ2n) is 7.47. The maximum Gasteiger partial charge on any atom is 0.436 e. The van der Waals surface area contributed by atoms with Crippen molar-refractivity contribution in [2.24, 2.45) is 0 Å². The van der Waals surface area contributed by atoms with Crippen molar-refractivity contribution in [3.05, 3.63) is 71.3 Å². The summed E-state index contributed by atoms with van der Waals surface area (Å²) >= 11 is 9.49. The molecule has 1 unspecified atom stereocenters. The Morgan fingerprint density at radius 1 is 1.31 bits per heavy atom. The molecule has 1 N–H and O–H groups in total. The van der Waals surface area contributed by atoms with Gasteiger partial charge in [-0.15, -0.1) is 0 Å². The average Bonchev–Trinajstić information content (AvgIpc) is 3.57. The highest BCUT2D eigenvalue weighted by Gasteiger charge is 2.38. The van der Waals surface area contributed by atoms with Gasteiger partial charge in [0.2, 0.25) is 0 Å². The van der Waals surface area contributed by atoms with Crippen molar-refractivity contribution in [1.82, 2.24) is 19.6 Å². The van der Waals surface area contributed by atoms with Crippen molar-refractivity contribution in [2.75, 3.05) is 18.1 Å². The molecule has 192 valence electrons. The molecule has 0 fully saturated rings. The normalized spacial score (nSPS) is 12.1. The quantitative estimate of drug-likeness (QED) is 0.164. The lowest BCUT2D eigenvalue weighted by molar-refractivity contribution is -0.141. The van der Waals surface area contributed by atoms with E-state index in [1.165, 1.54) is 19.1 Å². The number of benzene rings is 1. The van der Waals surface area contributed by atoms with Gasteiger partial charge >= 0.3 is 6.18 Å². The molecule has 3 heterocycles. The summed E-state index contributed by atoms with van der Waals surface area (Å²) in [4.78, 5) is 10.8. The van der Waals surface area contributed by atoms with E-state index >= 15 is 0 Å². The lowest BCUT2D eigenvalue weighted by atomic mass is 10.2. The summed E-state index contributed by atoms with van der Waals surface area (Å²) in [6, 6.07) is 7.37. The Labute approximate surface area is 214 Å². The molecule has 7 nitrogen and oxygen atoms in total. The Morgan fingerprint density at radius 3 is 2.58 bits per heavy atom. The first-order valence-corrected chi connectivity index (χ1v) is 11.6. The van der Waals surface area contributed by atoms with E-state index in [2.05, 4.69) is 28.1 Å². The van der Waals surface area contributed by atoms with E-state index < -0.39 is 22.9 Å². The number of thiol groups is 1. The molecule has 4 rings (SSSR count). The highest BCUT2D eigenvalue weighted by atomic mass is 35.5. The SMILES string of the molecule is CNc1cnn(-c2cccc(F)c2)c1-c1ccoc1.Cc1c(Cl)c(C(F)(F)F)nn1C(C=O)CCS. The number of anilines is 1. The molecule has 0 bridgehead atoms. The predicted molar refractivity (Wildman–Crippen MR) is 131 cm³/mol. The van der Waals surface area contributed by atoms with Crippen LogP contribution in [0.25, 0.3) is 16.9 Å². The highest BCUT2D eigenvalue weighted by Crippen LogP contribution is 2.36. The van der Waals surface area contributed by atoms with Crippen LogP contribution in [0.4, 0.5) is 23.2 Å². The van der Waals surface area contributed by atoms with Crippen molar-refractivity contribution in [2.45, 2.75) is 25.6 Å². The first kappa shape index (κ1) is 27.3. The minimum absolute atomic E-state index is 0.123. The van der Waals surface area contributed by atoms with Crippen LogP contribution in [0, 0.1) is 12.7 Å². The maximum absolute atomic E-state index is 13.3. The number of alkyl halides is 3. The molecule has 0 saturated carbocycles. The van der Waals surface area contributed by atoms with E-state index in [9.17, 15) is 22.4 Å². The molecule has 13 heteroatoms. The number of halogens is 5. The van der Waals surface area contributed by atoms with Crippen LogP contribution >= 0.6 is 24.2 Å². The Morgan fingerprint density at radius 2 is 2.06 bits per heavy atom. The van der Waals surface area contributed by atoms with Crippen molar-refractivity contribution >= 4 is 36.2 Å². The summed E-state index contributed by atoms with van der Waals surface area (Å²) < 4.78 is 58.7. The van der Waals surface area contributed by atoms with Crippen LogP contribution < -0.4 is 5.32 Å². The first-order chi connectivity index (χ1) is 17.1. The van der Waals surface area contributed by atoms with Crippen molar-refractivity contribution < 1.29 is 26.8 Å². The standard InChI is InChI=1S/C14H12FN3O.C9H10ClF3N2OS/c1-16-13-8-17-18(12-4-2-3-11(15)7-12)14(13)10-5-6-19-9-10;1-5-7(10)8(9(11,12)13)14-15(5)6(4-16)2-3-17/h2-9,16H,1H3;4,6,17H,2-3H2,1H3. The maximum atomic E-state index is 13.3. The number of carbonyl (C=O) groups excluding carboxylic acids is 1. The van der Waals surface area contributed by atoms with Gasteiger partial charge in [-0.1, -0.05) is 17.7 Å².